The second kappa shape index (κ2) is 12.2. The number of ether oxygens (including phenoxy) is 2. The number of carboxylic acid groups (broad SMARTS) is 1. The highest BCUT2D eigenvalue weighted by atomic mass is 16.7. The molecule has 0 bridgehead atoms. The lowest BCUT2D eigenvalue weighted by molar-refractivity contribution is -0.188. The van der Waals surface area contributed by atoms with Crippen molar-refractivity contribution < 1.29 is 33.4 Å². The molecule has 2 aliphatic heterocycles. The molecule has 0 spiro atoms. The van der Waals surface area contributed by atoms with E-state index in [2.05, 4.69) is 11.9 Å². The van der Waals surface area contributed by atoms with E-state index in [-0.39, 0.29) is 31.2 Å². The molecule has 1 aromatic heterocycles. The summed E-state index contributed by atoms with van der Waals surface area (Å²) in [4.78, 5) is 37.8. The van der Waals surface area contributed by atoms with E-state index in [0.717, 1.165) is 24.8 Å². The Kier molecular flexibility index (Phi) is 8.82. The van der Waals surface area contributed by atoms with Crippen LogP contribution in [0.15, 0.2) is 35.1 Å². The molecule has 36 heavy (non-hydrogen) atoms. The summed E-state index contributed by atoms with van der Waals surface area (Å²) in [6, 6.07) is 5.19. The van der Waals surface area contributed by atoms with Gasteiger partial charge in [-0.2, -0.15) is 0 Å². The van der Waals surface area contributed by atoms with Gasteiger partial charge < -0.3 is 19.0 Å². The highest BCUT2D eigenvalue weighted by molar-refractivity contribution is 5.78. The summed E-state index contributed by atoms with van der Waals surface area (Å²) in [5.41, 5.74) is 0.854. The number of oxazole rings is 1. The highest BCUT2D eigenvalue weighted by Gasteiger charge is 2.47. The van der Waals surface area contributed by atoms with Crippen molar-refractivity contribution >= 4 is 11.9 Å². The van der Waals surface area contributed by atoms with E-state index in [0.29, 0.717) is 49.9 Å². The molecule has 3 atom stereocenters. The third-order valence-corrected chi connectivity index (χ3v) is 6.78. The maximum atomic E-state index is 13.3. The molecular weight excluding hydrogens is 466 g/mol. The maximum Gasteiger partial charge on any atom is 0.308 e. The fourth-order valence-corrected chi connectivity index (χ4v) is 5.00. The first kappa shape index (κ1) is 26.0. The van der Waals surface area contributed by atoms with Gasteiger partial charge in [-0.25, -0.2) is 10.0 Å². The number of hydrogen-bond acceptors (Lipinski definition) is 8. The number of unbranched alkanes of at least 4 members (excludes halogenated alkanes) is 1. The molecule has 3 heterocycles. The molecular formula is C26H35N3O7. The van der Waals surface area contributed by atoms with Crippen LogP contribution in [-0.4, -0.2) is 71.0 Å². The minimum absolute atomic E-state index is 0.0779. The predicted octanol–water partition coefficient (Wildman–Crippen LogP) is 3.48. The number of carboxylic acids is 1. The van der Waals surface area contributed by atoms with E-state index >= 15 is 0 Å². The molecule has 1 aromatic carbocycles. The van der Waals surface area contributed by atoms with Crippen LogP contribution in [0.25, 0.3) is 0 Å². The Morgan fingerprint density at radius 2 is 2.06 bits per heavy atom. The number of aromatic nitrogens is 1. The summed E-state index contributed by atoms with van der Waals surface area (Å²) >= 11 is 0. The topological polar surface area (TPSA) is 115 Å². The Balaban J connectivity index is 1.58. The van der Waals surface area contributed by atoms with Crippen LogP contribution in [0, 0.1) is 5.92 Å². The summed E-state index contributed by atoms with van der Waals surface area (Å²) < 4.78 is 16.4. The molecule has 2 aliphatic rings. The SMILES string of the molecule is CCCCN(OCCC)C(=O)CN1CC(c2ccc3c(c2)OCO3)C(C(=O)O)C1CCc1ncco1. The Morgan fingerprint density at radius 1 is 1.22 bits per heavy atom. The molecule has 10 heteroatoms. The van der Waals surface area contributed by atoms with E-state index in [1.54, 1.807) is 6.20 Å². The molecule has 2 aromatic rings. The van der Waals surface area contributed by atoms with Gasteiger partial charge in [0.05, 0.1) is 25.3 Å². The number of aryl methyl sites for hydroxylation is 1. The summed E-state index contributed by atoms with van der Waals surface area (Å²) in [7, 11) is 0. The van der Waals surface area contributed by atoms with Gasteiger partial charge in [0, 0.05) is 31.5 Å². The molecule has 0 radical (unpaired) electrons. The number of fused-ring (bicyclic) bond motifs is 1. The monoisotopic (exact) mass is 501 g/mol. The van der Waals surface area contributed by atoms with Crippen molar-refractivity contribution in [3.63, 3.8) is 0 Å². The molecule has 3 unspecified atom stereocenters. The Labute approximate surface area is 211 Å². The minimum Gasteiger partial charge on any atom is -0.481 e. The number of nitrogens with zero attached hydrogens (tertiary/aromatic N) is 3. The zero-order valence-electron chi connectivity index (χ0n) is 20.9. The lowest BCUT2D eigenvalue weighted by Gasteiger charge is -2.29. The minimum atomic E-state index is -0.893. The van der Waals surface area contributed by atoms with Gasteiger partial charge in [-0.1, -0.05) is 26.3 Å². The molecule has 4 rings (SSSR count). The van der Waals surface area contributed by atoms with Gasteiger partial charge in [0.1, 0.15) is 6.26 Å². The first-order valence-corrected chi connectivity index (χ1v) is 12.7. The van der Waals surface area contributed by atoms with Gasteiger partial charge in [0.2, 0.25) is 6.79 Å². The molecule has 10 nitrogen and oxygen atoms in total. The lowest BCUT2D eigenvalue weighted by atomic mass is 9.83. The van der Waals surface area contributed by atoms with Crippen LogP contribution in [0.3, 0.4) is 0 Å². The fourth-order valence-electron chi connectivity index (χ4n) is 5.00. The van der Waals surface area contributed by atoms with Crippen molar-refractivity contribution in [2.75, 3.05) is 33.0 Å². The second-order valence-corrected chi connectivity index (χ2v) is 9.23. The van der Waals surface area contributed by atoms with E-state index in [1.165, 1.54) is 11.3 Å². The summed E-state index contributed by atoms with van der Waals surface area (Å²) in [5.74, 6) is -0.276. The third kappa shape index (κ3) is 5.99. The Bertz CT molecular complexity index is 1000. The quantitative estimate of drug-likeness (QED) is 0.412. The lowest BCUT2D eigenvalue weighted by Crippen LogP contribution is -2.44. The van der Waals surface area contributed by atoms with Crippen LogP contribution in [0.4, 0.5) is 0 Å². The average molecular weight is 502 g/mol. The van der Waals surface area contributed by atoms with E-state index in [1.807, 2.05) is 30.0 Å². The summed E-state index contributed by atoms with van der Waals surface area (Å²) in [5, 5.41) is 11.8. The number of hydroxylamine groups is 2. The van der Waals surface area contributed by atoms with Crippen LogP contribution >= 0.6 is 0 Å². The Hall–Kier alpha value is -3.11. The first-order chi connectivity index (χ1) is 17.5. The van der Waals surface area contributed by atoms with E-state index < -0.39 is 11.9 Å². The normalized spacial score (nSPS) is 21.1. The average Bonchev–Trinajstić information content (AvgIpc) is 3.62. The molecule has 1 N–H and O–H groups in total. The Morgan fingerprint density at radius 3 is 2.78 bits per heavy atom. The predicted molar refractivity (Wildman–Crippen MR) is 129 cm³/mol. The number of likely N-dealkylation sites (tertiary alicyclic amines) is 1. The number of carbonyl (C=O) groups is 2. The second-order valence-electron chi connectivity index (χ2n) is 9.23. The van der Waals surface area contributed by atoms with E-state index in [4.69, 9.17) is 18.7 Å². The molecule has 0 aliphatic carbocycles. The van der Waals surface area contributed by atoms with Gasteiger partial charge in [-0.15, -0.1) is 0 Å². The zero-order valence-corrected chi connectivity index (χ0v) is 20.9. The van der Waals surface area contributed by atoms with Crippen molar-refractivity contribution in [1.29, 1.82) is 0 Å². The molecule has 1 fully saturated rings. The number of hydrogen-bond donors (Lipinski definition) is 1. The van der Waals surface area contributed by atoms with Gasteiger partial charge in [0.25, 0.3) is 5.91 Å². The number of rotatable bonds is 13. The van der Waals surface area contributed by atoms with Gasteiger partial charge in [0.15, 0.2) is 17.4 Å². The van der Waals surface area contributed by atoms with E-state index in [9.17, 15) is 14.7 Å². The molecule has 196 valence electrons. The number of carbonyl (C=O) groups excluding carboxylic acids is 1. The fraction of sp³-hybridized carbons (Fsp3) is 0.577. The van der Waals surface area contributed by atoms with Crippen LogP contribution in [0.2, 0.25) is 0 Å². The van der Waals surface area contributed by atoms with Crippen molar-refractivity contribution in [2.45, 2.75) is 57.9 Å². The zero-order chi connectivity index (χ0) is 25.5. The van der Waals surface area contributed by atoms with Crippen LogP contribution in [0.1, 0.15) is 56.9 Å². The number of benzene rings is 1. The third-order valence-electron chi connectivity index (χ3n) is 6.78. The standard InChI is InChI=1S/C26H35N3O7/c1-3-5-11-29(36-12-4-2)24(30)16-28-15-19(18-6-8-21-22(14-18)35-17-34-21)25(26(31)32)20(28)7-9-23-27-10-13-33-23/h6,8,10,13-14,19-20,25H,3-5,7,9,11-12,15-17H2,1-2H3,(H,31,32). The molecule has 1 saturated heterocycles. The van der Waals surface area contributed by atoms with Gasteiger partial charge in [-0.3, -0.25) is 19.3 Å². The summed E-state index contributed by atoms with van der Waals surface area (Å²) in [6.45, 7) is 5.68. The van der Waals surface area contributed by atoms with Crippen molar-refractivity contribution in [2.24, 2.45) is 5.92 Å². The van der Waals surface area contributed by atoms with Crippen molar-refractivity contribution in [3.8, 4) is 11.5 Å². The van der Waals surface area contributed by atoms with Crippen LogP contribution in [0.5, 0.6) is 11.5 Å². The van der Waals surface area contributed by atoms with Gasteiger partial charge in [-0.05, 0) is 37.0 Å². The maximum absolute atomic E-state index is 13.3. The highest BCUT2D eigenvalue weighted by Crippen LogP contribution is 2.43. The van der Waals surface area contributed by atoms with Crippen molar-refractivity contribution in [3.05, 3.63) is 42.1 Å². The van der Waals surface area contributed by atoms with Crippen molar-refractivity contribution in [1.82, 2.24) is 14.9 Å². The number of aliphatic carboxylic acids is 1. The summed E-state index contributed by atoms with van der Waals surface area (Å²) in [6.07, 6.45) is 6.63. The smallest absolute Gasteiger partial charge is 0.308 e. The molecule has 1 amide bonds. The van der Waals surface area contributed by atoms with Crippen LogP contribution in [-0.2, 0) is 20.8 Å². The number of amides is 1. The first-order valence-electron chi connectivity index (χ1n) is 12.7. The van der Waals surface area contributed by atoms with Gasteiger partial charge >= 0.3 is 5.97 Å². The largest absolute Gasteiger partial charge is 0.481 e. The van der Waals surface area contributed by atoms with Crippen LogP contribution < -0.4 is 9.47 Å². The molecule has 0 saturated carbocycles.